The van der Waals surface area contributed by atoms with Crippen molar-refractivity contribution in [3.8, 4) is 0 Å². The Bertz CT molecular complexity index is 364. The van der Waals surface area contributed by atoms with Gasteiger partial charge in [0.25, 0.3) is 0 Å². The minimum atomic E-state index is 0.0782. The van der Waals surface area contributed by atoms with E-state index < -0.39 is 0 Å². The van der Waals surface area contributed by atoms with E-state index in [-0.39, 0.29) is 5.54 Å². The lowest BCUT2D eigenvalue weighted by Crippen LogP contribution is -2.49. The normalized spacial score (nSPS) is 14.6. The maximum atomic E-state index is 6.01. The monoisotopic (exact) mass is 282 g/mol. The molecule has 1 rings (SSSR count). The number of nitrogens with two attached hydrogens (primary N) is 1. The molecule has 0 aliphatic carbocycles. The molecule has 3 heteroatoms. The van der Waals surface area contributed by atoms with E-state index in [0.29, 0.717) is 6.54 Å². The minimum absolute atomic E-state index is 0.0782. The number of halogens is 1. The zero-order chi connectivity index (χ0) is 14.3. The molecule has 0 amide bonds. The predicted octanol–water partition coefficient (Wildman–Crippen LogP) is 4.07. The van der Waals surface area contributed by atoms with Crippen LogP contribution in [0.5, 0.6) is 0 Å². The van der Waals surface area contributed by atoms with Crippen molar-refractivity contribution in [1.29, 1.82) is 0 Å². The van der Waals surface area contributed by atoms with Gasteiger partial charge in [0.2, 0.25) is 0 Å². The van der Waals surface area contributed by atoms with E-state index in [4.69, 9.17) is 17.3 Å². The van der Waals surface area contributed by atoms with Crippen LogP contribution in [0.3, 0.4) is 0 Å². The van der Waals surface area contributed by atoms with Gasteiger partial charge in [-0.05, 0) is 38.1 Å². The highest BCUT2D eigenvalue weighted by Gasteiger charge is 2.26. The summed E-state index contributed by atoms with van der Waals surface area (Å²) in [5.74, 6) is 0. The van der Waals surface area contributed by atoms with Crippen molar-refractivity contribution < 1.29 is 0 Å². The maximum Gasteiger partial charge on any atom is 0.0406 e. The van der Waals surface area contributed by atoms with Gasteiger partial charge in [0.1, 0.15) is 0 Å². The van der Waals surface area contributed by atoms with Crippen LogP contribution in [-0.4, -0.2) is 24.0 Å². The molecule has 0 radical (unpaired) electrons. The molecule has 1 aromatic rings. The number of rotatable bonds is 8. The van der Waals surface area contributed by atoms with Crippen LogP contribution in [0, 0.1) is 0 Å². The first kappa shape index (κ1) is 16.5. The van der Waals surface area contributed by atoms with Gasteiger partial charge < -0.3 is 5.73 Å². The molecule has 0 saturated carbocycles. The predicted molar refractivity (Wildman–Crippen MR) is 84.5 cm³/mol. The highest BCUT2D eigenvalue weighted by Crippen LogP contribution is 2.22. The van der Waals surface area contributed by atoms with Gasteiger partial charge >= 0.3 is 0 Å². The molecule has 0 heterocycles. The standard InChI is InChI=1S/C16H27ClN2/c1-4-5-6-11-16(2,13-18)19(3)12-14-7-9-15(17)10-8-14/h7-10H,4-6,11-13,18H2,1-3H3. The molecule has 0 fully saturated rings. The van der Waals surface area contributed by atoms with E-state index in [1.165, 1.54) is 24.8 Å². The first-order valence-corrected chi connectivity index (χ1v) is 7.55. The smallest absolute Gasteiger partial charge is 0.0406 e. The summed E-state index contributed by atoms with van der Waals surface area (Å²) >= 11 is 5.92. The van der Waals surface area contributed by atoms with Crippen LogP contribution in [0.15, 0.2) is 24.3 Å². The van der Waals surface area contributed by atoms with Gasteiger partial charge in [-0.25, -0.2) is 0 Å². The van der Waals surface area contributed by atoms with Crippen molar-refractivity contribution in [3.63, 3.8) is 0 Å². The van der Waals surface area contributed by atoms with Crippen LogP contribution in [0.1, 0.15) is 45.1 Å². The van der Waals surface area contributed by atoms with E-state index in [1.54, 1.807) is 0 Å². The lowest BCUT2D eigenvalue weighted by atomic mass is 9.92. The van der Waals surface area contributed by atoms with Crippen LogP contribution >= 0.6 is 11.6 Å². The molecule has 1 unspecified atom stereocenters. The van der Waals surface area contributed by atoms with Gasteiger partial charge in [0.05, 0.1) is 0 Å². The van der Waals surface area contributed by atoms with Crippen molar-refractivity contribution in [2.75, 3.05) is 13.6 Å². The lowest BCUT2D eigenvalue weighted by molar-refractivity contribution is 0.123. The second kappa shape index (κ2) is 7.88. The highest BCUT2D eigenvalue weighted by molar-refractivity contribution is 6.30. The number of unbranched alkanes of at least 4 members (excludes halogenated alkanes) is 2. The number of likely N-dealkylation sites (N-methyl/N-ethyl adjacent to an activating group) is 1. The lowest BCUT2D eigenvalue weighted by Gasteiger charge is -2.38. The van der Waals surface area contributed by atoms with Gasteiger partial charge in [0.15, 0.2) is 0 Å². The Morgan fingerprint density at radius 2 is 1.84 bits per heavy atom. The summed E-state index contributed by atoms with van der Waals surface area (Å²) < 4.78 is 0. The second-order valence-electron chi connectivity index (χ2n) is 5.64. The Morgan fingerprint density at radius 1 is 1.21 bits per heavy atom. The van der Waals surface area contributed by atoms with Gasteiger partial charge in [-0.3, -0.25) is 4.90 Å². The zero-order valence-electron chi connectivity index (χ0n) is 12.5. The third kappa shape index (κ3) is 5.13. The largest absolute Gasteiger partial charge is 0.329 e. The molecular weight excluding hydrogens is 256 g/mol. The quantitative estimate of drug-likeness (QED) is 0.728. The van der Waals surface area contributed by atoms with Crippen LogP contribution in [0.25, 0.3) is 0 Å². The Labute approximate surface area is 122 Å². The Hall–Kier alpha value is -0.570. The van der Waals surface area contributed by atoms with E-state index in [0.717, 1.165) is 18.0 Å². The molecule has 19 heavy (non-hydrogen) atoms. The summed E-state index contributed by atoms with van der Waals surface area (Å²) in [6.45, 7) is 6.10. The van der Waals surface area contributed by atoms with Crippen LogP contribution in [0.4, 0.5) is 0 Å². The molecular formula is C16H27ClN2. The van der Waals surface area contributed by atoms with Crippen molar-refractivity contribution in [2.24, 2.45) is 5.73 Å². The molecule has 1 aromatic carbocycles. The van der Waals surface area contributed by atoms with Gasteiger partial charge in [-0.1, -0.05) is 49.9 Å². The molecule has 0 aliphatic rings. The Kier molecular flexibility index (Phi) is 6.84. The Morgan fingerprint density at radius 3 is 2.37 bits per heavy atom. The van der Waals surface area contributed by atoms with E-state index in [1.807, 2.05) is 12.1 Å². The van der Waals surface area contributed by atoms with Crippen LogP contribution in [-0.2, 0) is 6.54 Å². The summed E-state index contributed by atoms with van der Waals surface area (Å²) in [6.07, 6.45) is 4.93. The summed E-state index contributed by atoms with van der Waals surface area (Å²) in [7, 11) is 2.16. The third-order valence-corrected chi connectivity index (χ3v) is 4.27. The molecule has 0 aliphatic heterocycles. The van der Waals surface area contributed by atoms with E-state index in [9.17, 15) is 0 Å². The number of hydrogen-bond donors (Lipinski definition) is 1. The third-order valence-electron chi connectivity index (χ3n) is 4.01. The first-order valence-electron chi connectivity index (χ1n) is 7.17. The van der Waals surface area contributed by atoms with Gasteiger partial charge in [0, 0.05) is 23.7 Å². The molecule has 0 bridgehead atoms. The second-order valence-corrected chi connectivity index (χ2v) is 6.08. The molecule has 108 valence electrons. The zero-order valence-corrected chi connectivity index (χ0v) is 13.2. The van der Waals surface area contributed by atoms with Crippen LogP contribution in [0.2, 0.25) is 5.02 Å². The highest BCUT2D eigenvalue weighted by atomic mass is 35.5. The SMILES string of the molecule is CCCCCC(C)(CN)N(C)Cc1ccc(Cl)cc1. The molecule has 2 nitrogen and oxygen atoms in total. The average molecular weight is 283 g/mol. The summed E-state index contributed by atoms with van der Waals surface area (Å²) in [5.41, 5.74) is 7.36. The molecule has 2 N–H and O–H groups in total. The van der Waals surface area contributed by atoms with E-state index >= 15 is 0 Å². The fourth-order valence-electron chi connectivity index (χ4n) is 2.26. The van der Waals surface area contributed by atoms with Crippen molar-refractivity contribution >= 4 is 11.6 Å². The topological polar surface area (TPSA) is 29.3 Å². The number of nitrogens with zero attached hydrogens (tertiary/aromatic N) is 1. The Balaban J connectivity index is 2.61. The summed E-state index contributed by atoms with van der Waals surface area (Å²) in [4.78, 5) is 2.37. The molecule has 1 atom stereocenters. The van der Waals surface area contributed by atoms with Crippen molar-refractivity contribution in [1.82, 2.24) is 4.90 Å². The number of hydrogen-bond acceptors (Lipinski definition) is 2. The molecule has 0 saturated heterocycles. The molecule has 0 spiro atoms. The maximum absolute atomic E-state index is 6.01. The number of benzene rings is 1. The van der Waals surface area contributed by atoms with Crippen molar-refractivity contribution in [3.05, 3.63) is 34.9 Å². The fraction of sp³-hybridized carbons (Fsp3) is 0.625. The fourth-order valence-corrected chi connectivity index (χ4v) is 2.39. The average Bonchev–Trinajstić information content (AvgIpc) is 2.41. The summed E-state index contributed by atoms with van der Waals surface area (Å²) in [5, 5.41) is 0.788. The van der Waals surface area contributed by atoms with Crippen LogP contribution < -0.4 is 5.73 Å². The van der Waals surface area contributed by atoms with Gasteiger partial charge in [-0.15, -0.1) is 0 Å². The van der Waals surface area contributed by atoms with E-state index in [2.05, 4.69) is 37.9 Å². The van der Waals surface area contributed by atoms with Crippen molar-refractivity contribution in [2.45, 2.75) is 51.6 Å². The molecule has 0 aromatic heterocycles. The minimum Gasteiger partial charge on any atom is -0.329 e. The first-order chi connectivity index (χ1) is 9.01. The summed E-state index contributed by atoms with van der Waals surface area (Å²) in [6, 6.07) is 8.06. The van der Waals surface area contributed by atoms with Gasteiger partial charge in [-0.2, -0.15) is 0 Å².